The van der Waals surface area contributed by atoms with Gasteiger partial charge in [-0.25, -0.2) is 9.97 Å². The Morgan fingerprint density at radius 1 is 1.26 bits per heavy atom. The van der Waals surface area contributed by atoms with E-state index in [1.807, 2.05) is 6.07 Å². The van der Waals surface area contributed by atoms with Crippen LogP contribution >= 0.6 is 0 Å². The first-order chi connectivity index (χ1) is 13.2. The van der Waals surface area contributed by atoms with E-state index in [-0.39, 0.29) is 25.1 Å². The van der Waals surface area contributed by atoms with Crippen molar-refractivity contribution in [2.75, 3.05) is 43.3 Å². The van der Waals surface area contributed by atoms with Crippen LogP contribution in [0, 0.1) is 5.92 Å². The second-order valence-corrected chi connectivity index (χ2v) is 6.63. The lowest BCUT2D eigenvalue weighted by molar-refractivity contribution is 0.0906. The second kappa shape index (κ2) is 7.79. The summed E-state index contributed by atoms with van der Waals surface area (Å²) in [6.07, 6.45) is 3.27. The quantitative estimate of drug-likeness (QED) is 0.742. The van der Waals surface area contributed by atoms with E-state index in [2.05, 4.69) is 20.2 Å². The number of anilines is 2. The first kappa shape index (κ1) is 17.5. The van der Waals surface area contributed by atoms with Gasteiger partial charge in [-0.05, 0) is 31.0 Å². The summed E-state index contributed by atoms with van der Waals surface area (Å²) in [6, 6.07) is 7.21. The molecular weight excluding hydrogens is 348 g/mol. The molecule has 8 nitrogen and oxygen atoms in total. The molecule has 0 spiro atoms. The Bertz CT molecular complexity index is 829. The molecular formula is C19H22N4O4. The van der Waals surface area contributed by atoms with Gasteiger partial charge in [0.2, 0.25) is 6.79 Å². The number of ketones is 1. The van der Waals surface area contributed by atoms with Gasteiger partial charge in [0.1, 0.15) is 18.0 Å². The molecule has 4 rings (SSSR count). The molecule has 27 heavy (non-hydrogen) atoms. The molecule has 0 aliphatic carbocycles. The molecule has 2 aliphatic rings. The van der Waals surface area contributed by atoms with Gasteiger partial charge in [-0.1, -0.05) is 0 Å². The Morgan fingerprint density at radius 2 is 2.15 bits per heavy atom. The van der Waals surface area contributed by atoms with Crippen LogP contribution in [-0.4, -0.2) is 53.9 Å². The van der Waals surface area contributed by atoms with E-state index in [0.29, 0.717) is 36.0 Å². The third-order valence-corrected chi connectivity index (χ3v) is 4.84. The second-order valence-electron chi connectivity index (χ2n) is 6.63. The van der Waals surface area contributed by atoms with E-state index >= 15 is 0 Å². The Morgan fingerprint density at radius 3 is 3.04 bits per heavy atom. The number of benzene rings is 1. The molecule has 142 valence electrons. The van der Waals surface area contributed by atoms with E-state index in [0.717, 1.165) is 25.2 Å². The van der Waals surface area contributed by atoms with E-state index in [1.54, 1.807) is 18.2 Å². The molecule has 2 aliphatic heterocycles. The predicted octanol–water partition coefficient (Wildman–Crippen LogP) is 1.71. The van der Waals surface area contributed by atoms with Gasteiger partial charge in [0.25, 0.3) is 0 Å². The van der Waals surface area contributed by atoms with Crippen molar-refractivity contribution in [2.24, 2.45) is 5.92 Å². The van der Waals surface area contributed by atoms with Gasteiger partial charge in [0, 0.05) is 37.2 Å². The van der Waals surface area contributed by atoms with Gasteiger partial charge in [-0.2, -0.15) is 0 Å². The number of hydrogen-bond donors (Lipinski definition) is 2. The van der Waals surface area contributed by atoms with E-state index in [4.69, 9.17) is 14.6 Å². The highest BCUT2D eigenvalue weighted by molar-refractivity contribution is 5.99. The molecule has 1 aromatic heterocycles. The fourth-order valence-corrected chi connectivity index (χ4v) is 3.49. The lowest BCUT2D eigenvalue weighted by Crippen LogP contribution is -2.39. The average Bonchev–Trinajstić information content (AvgIpc) is 3.20. The van der Waals surface area contributed by atoms with Crippen LogP contribution < -0.4 is 19.7 Å². The maximum absolute atomic E-state index is 13.0. The van der Waals surface area contributed by atoms with Crippen LogP contribution in [0.3, 0.4) is 0 Å². The molecule has 8 heteroatoms. The maximum atomic E-state index is 13.0. The van der Waals surface area contributed by atoms with Crippen LogP contribution in [-0.2, 0) is 0 Å². The highest BCUT2D eigenvalue weighted by atomic mass is 16.7. The predicted molar refractivity (Wildman–Crippen MR) is 99.4 cm³/mol. The molecule has 0 saturated carbocycles. The van der Waals surface area contributed by atoms with Gasteiger partial charge in [0.05, 0.1) is 6.61 Å². The van der Waals surface area contributed by atoms with E-state index in [9.17, 15) is 4.79 Å². The van der Waals surface area contributed by atoms with Crippen LogP contribution in [0.15, 0.2) is 30.6 Å². The minimum atomic E-state index is -0.0945. The van der Waals surface area contributed by atoms with Crippen molar-refractivity contribution >= 4 is 17.4 Å². The number of aliphatic hydroxyl groups excluding tert-OH is 1. The molecule has 2 aromatic rings. The van der Waals surface area contributed by atoms with Crippen molar-refractivity contribution in [1.82, 2.24) is 9.97 Å². The number of aliphatic hydroxyl groups is 1. The average molecular weight is 370 g/mol. The number of rotatable bonds is 6. The van der Waals surface area contributed by atoms with Crippen molar-refractivity contribution in [3.05, 3.63) is 36.2 Å². The zero-order valence-electron chi connectivity index (χ0n) is 14.9. The molecule has 1 atom stereocenters. The minimum Gasteiger partial charge on any atom is -0.454 e. The van der Waals surface area contributed by atoms with Crippen molar-refractivity contribution in [3.8, 4) is 11.5 Å². The first-order valence-electron chi connectivity index (χ1n) is 9.10. The molecule has 0 amide bonds. The molecule has 1 aromatic carbocycles. The first-order valence-corrected chi connectivity index (χ1v) is 9.10. The molecule has 2 N–H and O–H groups in total. The van der Waals surface area contributed by atoms with Crippen LogP contribution in [0.4, 0.5) is 11.6 Å². The fourth-order valence-electron chi connectivity index (χ4n) is 3.49. The number of aromatic nitrogens is 2. The summed E-state index contributed by atoms with van der Waals surface area (Å²) in [4.78, 5) is 23.6. The van der Waals surface area contributed by atoms with E-state index in [1.165, 1.54) is 6.33 Å². The van der Waals surface area contributed by atoms with Crippen molar-refractivity contribution < 1.29 is 19.4 Å². The Hall–Kier alpha value is -2.87. The highest BCUT2D eigenvalue weighted by Gasteiger charge is 2.28. The molecule has 3 heterocycles. The van der Waals surface area contributed by atoms with E-state index < -0.39 is 0 Å². The van der Waals surface area contributed by atoms with Gasteiger partial charge in [-0.3, -0.25) is 4.79 Å². The Balaban J connectivity index is 1.47. The van der Waals surface area contributed by atoms with Crippen LogP contribution in [0.25, 0.3) is 0 Å². The van der Waals surface area contributed by atoms with Crippen molar-refractivity contribution in [1.29, 1.82) is 0 Å². The lowest BCUT2D eigenvalue weighted by atomic mass is 9.90. The summed E-state index contributed by atoms with van der Waals surface area (Å²) in [5.74, 6) is 2.78. The molecule has 1 fully saturated rings. The molecule has 0 bridgehead atoms. The zero-order valence-corrected chi connectivity index (χ0v) is 14.9. The van der Waals surface area contributed by atoms with Crippen LogP contribution in [0.1, 0.15) is 23.2 Å². The maximum Gasteiger partial charge on any atom is 0.231 e. The summed E-state index contributed by atoms with van der Waals surface area (Å²) in [5, 5.41) is 12.0. The molecule has 0 radical (unpaired) electrons. The number of nitrogens with zero attached hydrogens (tertiary/aromatic N) is 3. The third kappa shape index (κ3) is 3.80. The standard InChI is InChI=1S/C19H22N4O4/c24-7-5-20-17-9-18(22-11-21-17)23-6-1-2-14(10-23)19(25)13-3-4-15-16(8-13)27-12-26-15/h3-4,8-9,11,14,24H,1-2,5-7,10,12H2,(H,20,21,22)/t14-/m1/s1. The topological polar surface area (TPSA) is 96.8 Å². The summed E-state index contributed by atoms with van der Waals surface area (Å²) >= 11 is 0. The minimum absolute atomic E-state index is 0.0369. The largest absolute Gasteiger partial charge is 0.454 e. The normalized spacial score (nSPS) is 18.4. The number of Topliss-reactive ketones (excluding diaryl/α,β-unsaturated/α-hetero) is 1. The zero-order chi connectivity index (χ0) is 18.6. The van der Waals surface area contributed by atoms with Crippen molar-refractivity contribution in [2.45, 2.75) is 12.8 Å². The summed E-state index contributed by atoms with van der Waals surface area (Å²) in [6.45, 7) is 2.13. The lowest BCUT2D eigenvalue weighted by Gasteiger charge is -2.33. The number of ether oxygens (including phenoxy) is 2. The number of hydrogen-bond acceptors (Lipinski definition) is 8. The number of piperidine rings is 1. The van der Waals surface area contributed by atoms with Crippen molar-refractivity contribution in [3.63, 3.8) is 0 Å². The third-order valence-electron chi connectivity index (χ3n) is 4.84. The summed E-state index contributed by atoms with van der Waals surface area (Å²) in [5.41, 5.74) is 0.652. The SMILES string of the molecule is O=C(c1ccc2c(c1)OCO2)[C@@H]1CCCN(c2cc(NCCO)ncn2)C1. The monoisotopic (exact) mass is 370 g/mol. The van der Waals surface area contributed by atoms with Gasteiger partial charge in [0.15, 0.2) is 17.3 Å². The number of carbonyl (C=O) groups excluding carboxylic acids is 1. The van der Waals surface area contributed by atoms with Crippen LogP contribution in [0.5, 0.6) is 11.5 Å². The smallest absolute Gasteiger partial charge is 0.231 e. The van der Waals surface area contributed by atoms with Crippen LogP contribution in [0.2, 0.25) is 0 Å². The fraction of sp³-hybridized carbons (Fsp3) is 0.421. The number of nitrogens with one attached hydrogen (secondary N) is 1. The van der Waals surface area contributed by atoms with Gasteiger partial charge in [-0.15, -0.1) is 0 Å². The Labute approximate surface area is 157 Å². The molecule has 1 saturated heterocycles. The summed E-state index contributed by atoms with van der Waals surface area (Å²) < 4.78 is 10.7. The van der Waals surface area contributed by atoms with Gasteiger partial charge < -0.3 is 24.8 Å². The molecule has 0 unspecified atom stereocenters. The number of carbonyl (C=O) groups is 1. The summed E-state index contributed by atoms with van der Waals surface area (Å²) in [7, 11) is 0. The highest BCUT2D eigenvalue weighted by Crippen LogP contribution is 2.34. The number of fused-ring (bicyclic) bond motifs is 1. The van der Waals surface area contributed by atoms with Gasteiger partial charge >= 0.3 is 0 Å². The Kier molecular flexibility index (Phi) is 5.06.